The molecule has 100 valence electrons. The van der Waals surface area contributed by atoms with E-state index in [0.717, 1.165) is 10.0 Å². The highest BCUT2D eigenvalue weighted by atomic mass is 79.9. The Bertz CT molecular complexity index is 671. The van der Waals surface area contributed by atoms with Gasteiger partial charge in [0.25, 0.3) is 10.0 Å². The standard InChI is InChI=1S/C13H11BrClNO2S/c14-11-5-7-12(8-6-11)19(17,18)16-13-4-2-1-3-10(13)9-15/h1-8,16H,9H2. The van der Waals surface area contributed by atoms with Crippen molar-refractivity contribution in [1.82, 2.24) is 0 Å². The third-order valence-corrected chi connectivity index (χ3v) is 4.73. The van der Waals surface area contributed by atoms with Gasteiger partial charge in [0.1, 0.15) is 0 Å². The van der Waals surface area contributed by atoms with E-state index in [4.69, 9.17) is 11.6 Å². The fourth-order valence-corrected chi connectivity index (χ4v) is 3.15. The highest BCUT2D eigenvalue weighted by Crippen LogP contribution is 2.22. The molecule has 0 radical (unpaired) electrons. The van der Waals surface area contributed by atoms with Crippen LogP contribution in [0.25, 0.3) is 0 Å². The topological polar surface area (TPSA) is 46.2 Å². The molecule has 3 nitrogen and oxygen atoms in total. The maximum atomic E-state index is 12.2. The van der Waals surface area contributed by atoms with Crippen molar-refractivity contribution in [2.45, 2.75) is 10.8 Å². The fourth-order valence-electron chi connectivity index (χ4n) is 1.55. The van der Waals surface area contributed by atoms with E-state index in [2.05, 4.69) is 20.7 Å². The summed E-state index contributed by atoms with van der Waals surface area (Å²) in [6.07, 6.45) is 0. The van der Waals surface area contributed by atoms with Gasteiger partial charge < -0.3 is 0 Å². The molecule has 0 aliphatic heterocycles. The van der Waals surface area contributed by atoms with Crippen LogP contribution in [0.4, 0.5) is 5.69 Å². The highest BCUT2D eigenvalue weighted by molar-refractivity contribution is 9.10. The minimum atomic E-state index is -3.59. The summed E-state index contributed by atoms with van der Waals surface area (Å²) in [5.74, 6) is 0.249. The van der Waals surface area contributed by atoms with Crippen LogP contribution in [-0.2, 0) is 15.9 Å². The molecule has 0 aromatic heterocycles. The summed E-state index contributed by atoms with van der Waals surface area (Å²) in [7, 11) is -3.59. The van der Waals surface area contributed by atoms with E-state index in [0.29, 0.717) is 5.69 Å². The van der Waals surface area contributed by atoms with Crippen LogP contribution in [-0.4, -0.2) is 8.42 Å². The SMILES string of the molecule is O=S(=O)(Nc1ccccc1CCl)c1ccc(Br)cc1. The Hall–Kier alpha value is -1.04. The minimum Gasteiger partial charge on any atom is -0.279 e. The molecule has 2 aromatic carbocycles. The number of hydrogen-bond acceptors (Lipinski definition) is 2. The summed E-state index contributed by atoms with van der Waals surface area (Å²) in [5.41, 5.74) is 1.24. The Morgan fingerprint density at radius 1 is 1.05 bits per heavy atom. The van der Waals surface area contributed by atoms with Gasteiger partial charge >= 0.3 is 0 Å². The van der Waals surface area contributed by atoms with Crippen molar-refractivity contribution in [3.63, 3.8) is 0 Å². The van der Waals surface area contributed by atoms with Gasteiger partial charge in [0, 0.05) is 10.4 Å². The summed E-state index contributed by atoms with van der Waals surface area (Å²) in [5, 5.41) is 0. The molecule has 0 aliphatic carbocycles. The number of rotatable bonds is 4. The molecule has 0 aliphatic rings. The quantitative estimate of drug-likeness (QED) is 0.838. The molecule has 0 fully saturated rings. The second-order valence-electron chi connectivity index (χ2n) is 3.85. The zero-order chi connectivity index (χ0) is 13.9. The lowest BCUT2D eigenvalue weighted by molar-refractivity contribution is 0.601. The van der Waals surface area contributed by atoms with Crippen LogP contribution in [0.2, 0.25) is 0 Å². The third kappa shape index (κ3) is 3.49. The molecular formula is C13H11BrClNO2S. The summed E-state index contributed by atoms with van der Waals surface area (Å²) in [6, 6.07) is 13.5. The molecule has 0 unspecified atom stereocenters. The molecule has 0 bridgehead atoms. The average Bonchev–Trinajstić information content (AvgIpc) is 2.39. The Kier molecular flexibility index (Phi) is 4.50. The van der Waals surface area contributed by atoms with Gasteiger partial charge in [0.15, 0.2) is 0 Å². The maximum Gasteiger partial charge on any atom is 0.261 e. The smallest absolute Gasteiger partial charge is 0.261 e. The molecule has 0 saturated carbocycles. The van der Waals surface area contributed by atoms with Gasteiger partial charge in [-0.2, -0.15) is 0 Å². The summed E-state index contributed by atoms with van der Waals surface area (Å²) < 4.78 is 27.8. The van der Waals surface area contributed by atoms with E-state index in [-0.39, 0.29) is 10.8 Å². The Labute approximate surface area is 125 Å². The van der Waals surface area contributed by atoms with Crippen molar-refractivity contribution in [2.75, 3.05) is 4.72 Å². The normalized spacial score (nSPS) is 11.3. The zero-order valence-corrected chi connectivity index (χ0v) is 13.0. The number of para-hydroxylation sites is 1. The zero-order valence-electron chi connectivity index (χ0n) is 9.81. The lowest BCUT2D eigenvalue weighted by Gasteiger charge is -2.11. The van der Waals surface area contributed by atoms with Gasteiger partial charge in [-0.25, -0.2) is 8.42 Å². The van der Waals surface area contributed by atoms with E-state index in [1.54, 1.807) is 30.3 Å². The first-order valence-corrected chi connectivity index (χ1v) is 8.26. The molecular weight excluding hydrogens is 350 g/mol. The predicted octanol–water partition coefficient (Wildman–Crippen LogP) is 3.99. The molecule has 0 saturated heterocycles. The van der Waals surface area contributed by atoms with Crippen LogP contribution < -0.4 is 4.72 Å². The summed E-state index contributed by atoms with van der Waals surface area (Å²) in [6.45, 7) is 0. The number of anilines is 1. The first-order valence-electron chi connectivity index (χ1n) is 5.45. The molecule has 0 amide bonds. The van der Waals surface area contributed by atoms with Crippen LogP contribution in [0, 0.1) is 0 Å². The number of hydrogen-bond donors (Lipinski definition) is 1. The summed E-state index contributed by atoms with van der Waals surface area (Å²) in [4.78, 5) is 0.208. The predicted molar refractivity (Wildman–Crippen MR) is 80.9 cm³/mol. The second kappa shape index (κ2) is 5.94. The van der Waals surface area contributed by atoms with Crippen molar-refractivity contribution < 1.29 is 8.42 Å². The molecule has 2 aromatic rings. The van der Waals surface area contributed by atoms with Gasteiger partial charge in [0.2, 0.25) is 0 Å². The second-order valence-corrected chi connectivity index (χ2v) is 6.72. The number of halogens is 2. The van der Waals surface area contributed by atoms with Crippen LogP contribution in [0.3, 0.4) is 0 Å². The maximum absolute atomic E-state index is 12.2. The molecule has 19 heavy (non-hydrogen) atoms. The van der Waals surface area contributed by atoms with E-state index in [1.165, 1.54) is 12.1 Å². The van der Waals surface area contributed by atoms with Crippen molar-refractivity contribution in [3.05, 3.63) is 58.6 Å². The molecule has 0 atom stereocenters. The lowest BCUT2D eigenvalue weighted by atomic mass is 10.2. The monoisotopic (exact) mass is 359 g/mol. The number of benzene rings is 2. The third-order valence-electron chi connectivity index (χ3n) is 2.53. The number of alkyl halides is 1. The van der Waals surface area contributed by atoms with Crippen molar-refractivity contribution in [2.24, 2.45) is 0 Å². The lowest BCUT2D eigenvalue weighted by Crippen LogP contribution is -2.13. The number of sulfonamides is 1. The van der Waals surface area contributed by atoms with Crippen LogP contribution in [0.1, 0.15) is 5.56 Å². The Balaban J connectivity index is 2.34. The Morgan fingerprint density at radius 3 is 2.32 bits per heavy atom. The van der Waals surface area contributed by atoms with E-state index < -0.39 is 10.0 Å². The number of nitrogens with one attached hydrogen (secondary N) is 1. The van der Waals surface area contributed by atoms with Crippen molar-refractivity contribution in [3.8, 4) is 0 Å². The van der Waals surface area contributed by atoms with Crippen LogP contribution in [0.15, 0.2) is 57.9 Å². The van der Waals surface area contributed by atoms with Gasteiger partial charge in [0.05, 0.1) is 10.6 Å². The molecule has 6 heteroatoms. The largest absolute Gasteiger partial charge is 0.279 e. The van der Waals surface area contributed by atoms with Gasteiger partial charge in [-0.15, -0.1) is 11.6 Å². The first-order chi connectivity index (χ1) is 9.03. The summed E-state index contributed by atoms with van der Waals surface area (Å²) >= 11 is 9.06. The molecule has 1 N–H and O–H groups in total. The molecule has 0 heterocycles. The van der Waals surface area contributed by atoms with E-state index in [1.807, 2.05) is 6.07 Å². The first kappa shape index (κ1) is 14.4. The fraction of sp³-hybridized carbons (Fsp3) is 0.0769. The van der Waals surface area contributed by atoms with Crippen molar-refractivity contribution >= 4 is 43.2 Å². The van der Waals surface area contributed by atoms with Crippen LogP contribution in [0.5, 0.6) is 0 Å². The van der Waals surface area contributed by atoms with Crippen molar-refractivity contribution in [1.29, 1.82) is 0 Å². The minimum absolute atomic E-state index is 0.208. The Morgan fingerprint density at radius 2 is 1.68 bits per heavy atom. The average molecular weight is 361 g/mol. The molecule has 2 rings (SSSR count). The van der Waals surface area contributed by atoms with Gasteiger partial charge in [-0.05, 0) is 35.9 Å². The van der Waals surface area contributed by atoms with Crippen LogP contribution >= 0.6 is 27.5 Å². The van der Waals surface area contributed by atoms with E-state index in [9.17, 15) is 8.42 Å². The highest BCUT2D eigenvalue weighted by Gasteiger charge is 2.15. The molecule has 0 spiro atoms. The van der Waals surface area contributed by atoms with Gasteiger partial charge in [-0.3, -0.25) is 4.72 Å². The van der Waals surface area contributed by atoms with E-state index >= 15 is 0 Å². The van der Waals surface area contributed by atoms with Gasteiger partial charge in [-0.1, -0.05) is 34.1 Å².